The number of nitrogens with one attached hydrogen (secondary N) is 1. The van der Waals surface area contributed by atoms with Crippen LogP contribution in [0.4, 0.5) is 5.69 Å². The van der Waals surface area contributed by atoms with Gasteiger partial charge in [-0.1, -0.05) is 95.0 Å². The highest BCUT2D eigenvalue weighted by atomic mass is 35.5. The zero-order valence-corrected chi connectivity index (χ0v) is 30.0. The minimum Gasteiger partial charge on any atom is -0.350 e. The minimum absolute atomic E-state index is 0.00574. The lowest BCUT2D eigenvalue weighted by Crippen LogP contribution is -2.56. The number of rotatable bonds is 11. The summed E-state index contributed by atoms with van der Waals surface area (Å²) in [6, 6.07) is 24.4. The van der Waals surface area contributed by atoms with Crippen LogP contribution >= 0.6 is 34.8 Å². The highest BCUT2D eigenvalue weighted by Crippen LogP contribution is 2.30. The number of carbonyl (C=O) groups is 2. The normalized spacial score (nSPS) is 12.3. The van der Waals surface area contributed by atoms with Gasteiger partial charge >= 0.3 is 0 Å². The van der Waals surface area contributed by atoms with Crippen LogP contribution < -0.4 is 9.62 Å². The Kier molecular flexibility index (Phi) is 11.7. The van der Waals surface area contributed by atoms with Crippen LogP contribution in [0.3, 0.4) is 0 Å². The van der Waals surface area contributed by atoms with Crippen molar-refractivity contribution in [1.82, 2.24) is 10.2 Å². The molecule has 4 aromatic rings. The van der Waals surface area contributed by atoms with Crippen LogP contribution in [0, 0.1) is 13.8 Å². The van der Waals surface area contributed by atoms with Crippen LogP contribution in [0.5, 0.6) is 0 Å². The van der Waals surface area contributed by atoms with Gasteiger partial charge in [-0.2, -0.15) is 0 Å². The molecular weight excluding hydrogens is 677 g/mol. The number of amides is 2. The molecule has 0 aliphatic carbocycles. The molecule has 11 heteroatoms. The van der Waals surface area contributed by atoms with E-state index < -0.39 is 40.0 Å². The van der Waals surface area contributed by atoms with E-state index in [1.807, 2.05) is 58.0 Å². The second-order valence-corrected chi connectivity index (χ2v) is 15.6. The first-order valence-corrected chi connectivity index (χ1v) is 17.6. The van der Waals surface area contributed by atoms with E-state index in [9.17, 15) is 18.0 Å². The summed E-state index contributed by atoms with van der Waals surface area (Å²) in [5, 5.41) is 4.07. The first-order chi connectivity index (χ1) is 22.0. The molecule has 0 spiro atoms. The topological polar surface area (TPSA) is 86.8 Å². The maximum Gasteiger partial charge on any atom is 0.264 e. The summed E-state index contributed by atoms with van der Waals surface area (Å²) in [4.78, 5) is 30.0. The monoisotopic (exact) mass is 713 g/mol. The lowest BCUT2D eigenvalue weighted by atomic mass is 10.0. The minimum atomic E-state index is -4.27. The first-order valence-electron chi connectivity index (χ1n) is 15.0. The van der Waals surface area contributed by atoms with Crippen molar-refractivity contribution in [2.75, 3.05) is 10.8 Å². The predicted octanol–water partition coefficient (Wildman–Crippen LogP) is 8.01. The van der Waals surface area contributed by atoms with Gasteiger partial charge in [0.25, 0.3) is 10.0 Å². The van der Waals surface area contributed by atoms with Gasteiger partial charge in [0.15, 0.2) is 0 Å². The average Bonchev–Trinajstić information content (AvgIpc) is 2.99. The zero-order valence-electron chi connectivity index (χ0n) is 26.9. The molecule has 248 valence electrons. The van der Waals surface area contributed by atoms with Crippen LogP contribution in [0.25, 0.3) is 0 Å². The summed E-state index contributed by atoms with van der Waals surface area (Å²) in [6.07, 6.45) is 0.167. The van der Waals surface area contributed by atoms with E-state index in [1.165, 1.54) is 23.1 Å². The number of benzene rings is 4. The van der Waals surface area contributed by atoms with E-state index in [-0.39, 0.29) is 23.5 Å². The van der Waals surface area contributed by atoms with E-state index in [4.69, 9.17) is 34.8 Å². The SMILES string of the molecule is Cc1ccc(S(=O)(=O)N(CC(=O)N(Cc2ccc(Cl)cc2Cl)[C@@H](Cc2ccccc2)C(=O)NC(C)(C)C)c2ccc(C)c(Cl)c2)cc1. The molecule has 4 rings (SSSR count). The molecule has 0 heterocycles. The van der Waals surface area contributed by atoms with Gasteiger partial charge in [-0.05, 0) is 87.7 Å². The molecule has 2 amide bonds. The van der Waals surface area contributed by atoms with Crippen LogP contribution in [0.15, 0.2) is 95.9 Å². The van der Waals surface area contributed by atoms with Gasteiger partial charge in [0.05, 0.1) is 10.6 Å². The molecule has 0 bridgehead atoms. The average molecular weight is 715 g/mol. The molecule has 0 fully saturated rings. The Balaban J connectivity index is 1.86. The van der Waals surface area contributed by atoms with Crippen LogP contribution in [-0.2, 0) is 32.6 Å². The second-order valence-electron chi connectivity index (χ2n) is 12.5. The molecule has 0 aliphatic rings. The predicted molar refractivity (Wildman–Crippen MR) is 191 cm³/mol. The lowest BCUT2D eigenvalue weighted by molar-refractivity contribution is -0.140. The number of hydrogen-bond acceptors (Lipinski definition) is 4. The van der Waals surface area contributed by atoms with Gasteiger partial charge in [-0.3, -0.25) is 13.9 Å². The summed E-state index contributed by atoms with van der Waals surface area (Å²) in [6.45, 7) is 8.51. The van der Waals surface area contributed by atoms with Crippen LogP contribution in [0.1, 0.15) is 43.0 Å². The Morgan fingerprint density at radius 2 is 1.49 bits per heavy atom. The van der Waals surface area contributed by atoms with Crippen molar-refractivity contribution in [3.05, 3.63) is 128 Å². The first kappa shape index (κ1) is 36.3. The molecule has 0 radical (unpaired) electrons. The molecule has 47 heavy (non-hydrogen) atoms. The van der Waals surface area contributed by atoms with E-state index in [1.54, 1.807) is 49.4 Å². The van der Waals surface area contributed by atoms with Gasteiger partial charge in [0.1, 0.15) is 12.6 Å². The zero-order chi connectivity index (χ0) is 34.5. The van der Waals surface area contributed by atoms with Gasteiger partial charge < -0.3 is 10.2 Å². The Morgan fingerprint density at radius 1 is 0.830 bits per heavy atom. The summed E-state index contributed by atoms with van der Waals surface area (Å²) >= 11 is 19.2. The van der Waals surface area contributed by atoms with Crippen molar-refractivity contribution in [3.8, 4) is 0 Å². The molecule has 0 aromatic heterocycles. The summed E-state index contributed by atoms with van der Waals surface area (Å²) in [5.41, 5.74) is 2.57. The van der Waals surface area contributed by atoms with Gasteiger partial charge in [0.2, 0.25) is 11.8 Å². The standard InChI is InChI=1S/C36H38Cl3N3O4S/c1-24-11-17-30(18-12-24)47(45,46)42(29-16-13-25(2)31(38)21-29)23-34(43)41(22-27-14-15-28(37)20-32(27)39)33(35(44)40-36(3,4)5)19-26-9-7-6-8-10-26/h6-18,20-21,33H,19,22-23H2,1-5H3,(H,40,44)/t33-/m0/s1. The quantitative estimate of drug-likeness (QED) is 0.171. The van der Waals surface area contributed by atoms with Gasteiger partial charge in [0, 0.05) is 33.6 Å². The number of hydrogen-bond donors (Lipinski definition) is 1. The van der Waals surface area contributed by atoms with E-state index >= 15 is 0 Å². The number of anilines is 1. The van der Waals surface area contributed by atoms with Crippen molar-refractivity contribution < 1.29 is 18.0 Å². The Hall–Kier alpha value is -3.56. The maximum atomic E-state index is 14.6. The molecule has 0 saturated heterocycles. The Morgan fingerprint density at radius 3 is 2.09 bits per heavy atom. The Bertz CT molecular complexity index is 1840. The van der Waals surface area contributed by atoms with Crippen molar-refractivity contribution in [1.29, 1.82) is 0 Å². The fourth-order valence-electron chi connectivity index (χ4n) is 4.94. The van der Waals surface area contributed by atoms with Crippen LogP contribution in [-0.4, -0.2) is 43.3 Å². The summed E-state index contributed by atoms with van der Waals surface area (Å²) in [5.74, 6) is -1.01. The van der Waals surface area contributed by atoms with E-state index in [0.29, 0.717) is 20.6 Å². The third kappa shape index (κ3) is 9.51. The molecule has 1 atom stereocenters. The maximum absolute atomic E-state index is 14.6. The van der Waals surface area contributed by atoms with Crippen molar-refractivity contribution in [3.63, 3.8) is 0 Å². The van der Waals surface area contributed by atoms with E-state index in [2.05, 4.69) is 5.32 Å². The second kappa shape index (κ2) is 15.1. The van der Waals surface area contributed by atoms with Gasteiger partial charge in [-0.25, -0.2) is 8.42 Å². The molecule has 1 N–H and O–H groups in total. The van der Waals surface area contributed by atoms with Crippen molar-refractivity contribution >= 4 is 62.3 Å². The summed E-state index contributed by atoms with van der Waals surface area (Å²) in [7, 11) is -4.27. The highest BCUT2D eigenvalue weighted by Gasteiger charge is 2.36. The van der Waals surface area contributed by atoms with Gasteiger partial charge in [-0.15, -0.1) is 0 Å². The molecule has 0 unspecified atom stereocenters. The van der Waals surface area contributed by atoms with E-state index in [0.717, 1.165) is 21.0 Å². The largest absolute Gasteiger partial charge is 0.350 e. The molecule has 0 saturated carbocycles. The number of carbonyl (C=O) groups excluding carboxylic acids is 2. The molecule has 7 nitrogen and oxygen atoms in total. The highest BCUT2D eigenvalue weighted by molar-refractivity contribution is 7.92. The fourth-order valence-corrected chi connectivity index (χ4v) is 6.99. The number of sulfonamides is 1. The fraction of sp³-hybridized carbons (Fsp3) is 0.278. The lowest BCUT2D eigenvalue weighted by Gasteiger charge is -2.35. The third-order valence-corrected chi connectivity index (χ3v) is 10.2. The Labute approximate surface area is 292 Å². The molecule has 4 aromatic carbocycles. The van der Waals surface area contributed by atoms with Crippen molar-refractivity contribution in [2.24, 2.45) is 0 Å². The number of halogens is 3. The smallest absolute Gasteiger partial charge is 0.264 e. The molecule has 0 aliphatic heterocycles. The summed E-state index contributed by atoms with van der Waals surface area (Å²) < 4.78 is 29.5. The van der Waals surface area contributed by atoms with Crippen LogP contribution in [0.2, 0.25) is 15.1 Å². The number of nitrogens with zero attached hydrogens (tertiary/aromatic N) is 2. The third-order valence-electron chi connectivity index (χ3n) is 7.46. The van der Waals surface area contributed by atoms with Crippen molar-refractivity contribution in [2.45, 2.75) is 64.1 Å². The number of aryl methyl sites for hydroxylation is 2. The molecular formula is C36H38Cl3N3O4S.